The maximum Gasteiger partial charge on any atom is 0.569 e. The van der Waals surface area contributed by atoms with Gasteiger partial charge in [-0.2, -0.15) is 0 Å². The maximum absolute atomic E-state index is 13.4. The summed E-state index contributed by atoms with van der Waals surface area (Å²) in [4.78, 5) is 10.6. The van der Waals surface area contributed by atoms with Crippen molar-refractivity contribution in [3.8, 4) is 5.75 Å². The number of carboxylic acids is 1. The van der Waals surface area contributed by atoms with Crippen LogP contribution in [0.1, 0.15) is 10.4 Å². The fraction of sp³-hybridized carbons (Fsp3) is 0. The molecular weight excluding hydrogens is 221 g/mol. The van der Waals surface area contributed by atoms with Crippen LogP contribution >= 0.6 is 0 Å². The van der Waals surface area contributed by atoms with Crippen LogP contribution in [0.15, 0.2) is 12.1 Å². The quantitative estimate of drug-likeness (QED) is 0.448. The van der Waals surface area contributed by atoms with Crippen molar-refractivity contribution in [2.75, 3.05) is 0 Å². The predicted molar refractivity (Wildman–Crippen MR) is 51.8 cm³/mol. The average molecular weight is 227 g/mol. The lowest BCUT2D eigenvalue weighted by atomic mass is 9.79. The molecule has 0 aliphatic carbocycles. The molecule has 0 saturated heterocycles. The van der Waals surface area contributed by atoms with Gasteiger partial charge in [0.05, 0.1) is 5.56 Å². The maximum atomic E-state index is 13.4. The highest BCUT2D eigenvalue weighted by Crippen LogP contribution is 2.17. The molecule has 0 bridgehead atoms. The second-order valence-electron chi connectivity index (χ2n) is 2.78. The van der Waals surface area contributed by atoms with Gasteiger partial charge >= 0.3 is 20.8 Å². The fourth-order valence-electron chi connectivity index (χ4n) is 1.07. The van der Waals surface area contributed by atoms with E-state index in [1.807, 2.05) is 0 Å². The molecule has 0 heterocycles. The fourth-order valence-corrected chi connectivity index (χ4v) is 1.07. The van der Waals surface area contributed by atoms with Crippen molar-refractivity contribution in [3.05, 3.63) is 23.5 Å². The van der Waals surface area contributed by atoms with Gasteiger partial charge in [0.2, 0.25) is 0 Å². The molecular formula is C7H6B2FO6. The van der Waals surface area contributed by atoms with E-state index in [0.29, 0.717) is 0 Å². The van der Waals surface area contributed by atoms with E-state index in [1.165, 1.54) is 0 Å². The van der Waals surface area contributed by atoms with Crippen LogP contribution in [0, 0.1) is 5.82 Å². The second-order valence-corrected chi connectivity index (χ2v) is 2.78. The number of benzene rings is 1. The minimum atomic E-state index is -2.18. The summed E-state index contributed by atoms with van der Waals surface area (Å²) in [6, 6.07) is 1.56. The van der Waals surface area contributed by atoms with Gasteiger partial charge in [0.25, 0.3) is 0 Å². The standard InChI is InChI=1S/C7H6B2FO6/c10-6-4(9(14)15)1-3(7(11)12)2-5(6)16-8-13/h1-2,13-15H,(H,11,12). The van der Waals surface area contributed by atoms with E-state index in [1.54, 1.807) is 0 Å². The first-order valence-corrected chi connectivity index (χ1v) is 4.02. The van der Waals surface area contributed by atoms with Crippen LogP contribution in [-0.4, -0.2) is 41.0 Å². The van der Waals surface area contributed by atoms with Gasteiger partial charge in [0, 0.05) is 5.46 Å². The number of hydrogen-bond acceptors (Lipinski definition) is 5. The largest absolute Gasteiger partial charge is 0.569 e. The molecule has 0 unspecified atom stereocenters. The van der Waals surface area contributed by atoms with E-state index in [-0.39, 0.29) is 7.69 Å². The summed E-state index contributed by atoms with van der Waals surface area (Å²) in [5, 5.41) is 34.6. The number of aromatic carboxylic acids is 1. The molecule has 16 heavy (non-hydrogen) atoms. The summed E-state index contributed by atoms with van der Waals surface area (Å²) >= 11 is 0. The highest BCUT2D eigenvalue weighted by atomic mass is 19.1. The Hall–Kier alpha value is -1.57. The van der Waals surface area contributed by atoms with Crippen LogP contribution in [0.3, 0.4) is 0 Å². The summed E-state index contributed by atoms with van der Waals surface area (Å²) in [7, 11) is -2.03. The second kappa shape index (κ2) is 4.97. The Morgan fingerprint density at radius 3 is 2.50 bits per heavy atom. The molecule has 1 aromatic rings. The topological polar surface area (TPSA) is 107 Å². The number of carbonyl (C=O) groups is 1. The number of carboxylic acid groups (broad SMARTS) is 1. The van der Waals surface area contributed by atoms with E-state index in [4.69, 9.17) is 20.2 Å². The van der Waals surface area contributed by atoms with Crippen LogP contribution in [0.5, 0.6) is 5.75 Å². The third-order valence-electron chi connectivity index (χ3n) is 1.77. The average Bonchev–Trinajstić information content (AvgIpc) is 2.20. The molecule has 0 fully saturated rings. The first kappa shape index (κ1) is 12.5. The van der Waals surface area contributed by atoms with Gasteiger partial charge in [0.1, 0.15) is 5.75 Å². The van der Waals surface area contributed by atoms with Crippen LogP contribution in [0.4, 0.5) is 4.39 Å². The molecule has 0 aliphatic rings. The highest BCUT2D eigenvalue weighted by molar-refractivity contribution is 6.59. The lowest BCUT2D eigenvalue weighted by molar-refractivity contribution is 0.0696. The monoisotopic (exact) mass is 227 g/mol. The van der Waals surface area contributed by atoms with E-state index in [2.05, 4.69) is 4.65 Å². The predicted octanol–water partition coefficient (Wildman–Crippen LogP) is -1.89. The molecule has 1 aromatic carbocycles. The van der Waals surface area contributed by atoms with Gasteiger partial charge in [-0.15, -0.1) is 0 Å². The molecule has 1 rings (SSSR count). The Kier molecular flexibility index (Phi) is 3.88. The van der Waals surface area contributed by atoms with E-state index in [0.717, 1.165) is 12.1 Å². The summed E-state index contributed by atoms with van der Waals surface area (Å²) in [5.41, 5.74) is -1.06. The summed E-state index contributed by atoms with van der Waals surface area (Å²) < 4.78 is 17.7. The molecule has 0 amide bonds. The van der Waals surface area contributed by atoms with Crippen molar-refractivity contribution in [1.82, 2.24) is 0 Å². The minimum Gasteiger partial charge on any atom is -0.535 e. The van der Waals surface area contributed by atoms with Crippen molar-refractivity contribution in [2.45, 2.75) is 0 Å². The molecule has 0 aliphatic heterocycles. The van der Waals surface area contributed by atoms with Gasteiger partial charge in [-0.05, 0) is 12.1 Å². The van der Waals surface area contributed by atoms with Crippen LogP contribution < -0.4 is 10.1 Å². The summed E-state index contributed by atoms with van der Waals surface area (Å²) in [6.07, 6.45) is 0. The van der Waals surface area contributed by atoms with Crippen LogP contribution in [0.2, 0.25) is 0 Å². The first-order chi connectivity index (χ1) is 7.47. The van der Waals surface area contributed by atoms with Crippen LogP contribution in [-0.2, 0) is 0 Å². The number of halogens is 1. The Balaban J connectivity index is 3.32. The summed E-state index contributed by atoms with van der Waals surface area (Å²) in [6.45, 7) is 0. The molecule has 0 atom stereocenters. The molecule has 0 saturated carbocycles. The van der Waals surface area contributed by atoms with E-state index >= 15 is 0 Å². The molecule has 1 radical (unpaired) electrons. The van der Waals surface area contributed by atoms with Gasteiger partial charge in [0.15, 0.2) is 5.82 Å². The Morgan fingerprint density at radius 1 is 1.44 bits per heavy atom. The normalized spacial score (nSPS) is 9.75. The van der Waals surface area contributed by atoms with Gasteiger partial charge < -0.3 is 24.8 Å². The smallest absolute Gasteiger partial charge is 0.535 e. The lowest BCUT2D eigenvalue weighted by Gasteiger charge is -2.09. The molecule has 83 valence electrons. The third kappa shape index (κ3) is 2.51. The van der Waals surface area contributed by atoms with Crippen LogP contribution in [0.25, 0.3) is 0 Å². The van der Waals surface area contributed by atoms with Gasteiger partial charge in [-0.1, -0.05) is 0 Å². The zero-order valence-electron chi connectivity index (χ0n) is 7.79. The third-order valence-corrected chi connectivity index (χ3v) is 1.77. The summed E-state index contributed by atoms with van der Waals surface area (Å²) in [5.74, 6) is -3.18. The van der Waals surface area contributed by atoms with Crippen molar-refractivity contribution in [1.29, 1.82) is 0 Å². The molecule has 4 N–H and O–H groups in total. The minimum absolute atomic E-state index is 0.150. The lowest BCUT2D eigenvalue weighted by Crippen LogP contribution is -2.34. The Bertz CT molecular complexity index is 410. The zero-order valence-corrected chi connectivity index (χ0v) is 7.79. The van der Waals surface area contributed by atoms with Gasteiger partial charge in [-0.3, -0.25) is 0 Å². The first-order valence-electron chi connectivity index (χ1n) is 4.02. The number of rotatable bonds is 4. The van der Waals surface area contributed by atoms with Crippen molar-refractivity contribution < 1.29 is 34.0 Å². The molecule has 6 nitrogen and oxygen atoms in total. The SMILES string of the molecule is O=C(O)c1cc(O[B]O)c(F)c(B(O)O)c1. The Labute approximate surface area is 90.4 Å². The molecule has 0 spiro atoms. The van der Waals surface area contributed by atoms with Crippen molar-refractivity contribution in [3.63, 3.8) is 0 Å². The molecule has 9 heteroatoms. The number of hydrogen-bond donors (Lipinski definition) is 4. The van der Waals surface area contributed by atoms with E-state index < -0.39 is 35.7 Å². The van der Waals surface area contributed by atoms with Crippen molar-refractivity contribution >= 4 is 26.2 Å². The van der Waals surface area contributed by atoms with Crippen molar-refractivity contribution in [2.24, 2.45) is 0 Å². The van der Waals surface area contributed by atoms with E-state index in [9.17, 15) is 9.18 Å². The highest BCUT2D eigenvalue weighted by Gasteiger charge is 2.23. The Morgan fingerprint density at radius 2 is 2.06 bits per heavy atom. The zero-order chi connectivity index (χ0) is 12.3. The molecule has 0 aromatic heterocycles. The van der Waals surface area contributed by atoms with Gasteiger partial charge in [-0.25, -0.2) is 9.18 Å².